The Morgan fingerprint density at radius 1 is 1.17 bits per heavy atom. The van der Waals surface area contributed by atoms with E-state index in [0.29, 0.717) is 0 Å². The van der Waals surface area contributed by atoms with Gasteiger partial charge in [0, 0.05) is 0 Å². The van der Waals surface area contributed by atoms with Gasteiger partial charge in [0.1, 0.15) is 17.3 Å². The van der Waals surface area contributed by atoms with Crippen LogP contribution in [-0.4, -0.2) is 52.5 Å². The van der Waals surface area contributed by atoms with Crippen LogP contribution in [0.2, 0.25) is 0 Å². The maximum atomic E-state index is 12.1. The first kappa shape index (κ1) is 17.9. The second-order valence-electron chi connectivity index (χ2n) is 4.66. The molecular weight excluding hydrogens is 342 g/mol. The molecule has 130 valence electrons. The predicted molar refractivity (Wildman–Crippen MR) is 80.6 cm³/mol. The molecule has 24 heavy (non-hydrogen) atoms. The Morgan fingerprint density at radius 2 is 1.79 bits per heavy atom. The quantitative estimate of drug-likeness (QED) is 0.600. The normalized spacial score (nSPS) is 15.2. The Labute approximate surface area is 138 Å². The topological polar surface area (TPSA) is 119 Å². The fraction of sp³-hybridized carbons (Fsp3) is 0.286. The van der Waals surface area contributed by atoms with Crippen LogP contribution in [0.3, 0.4) is 0 Å². The molecule has 2 rings (SSSR count). The molecular formula is C14H15NO8S. The summed E-state index contributed by atoms with van der Waals surface area (Å²) in [6, 6.07) is 5.42. The number of esters is 2. The number of ether oxygens (including phenoxy) is 3. The number of methoxy groups -OCH3 is 2. The molecule has 0 aromatic heterocycles. The minimum Gasteiger partial charge on any atom is -0.466 e. The van der Waals surface area contributed by atoms with E-state index >= 15 is 0 Å². The first-order valence-electron chi connectivity index (χ1n) is 6.62. The van der Waals surface area contributed by atoms with Crippen LogP contribution in [0.5, 0.6) is 0 Å². The van der Waals surface area contributed by atoms with Crippen LogP contribution in [-0.2, 0) is 33.9 Å². The van der Waals surface area contributed by atoms with E-state index in [1.165, 1.54) is 18.2 Å². The largest absolute Gasteiger partial charge is 0.466 e. The van der Waals surface area contributed by atoms with Crippen LogP contribution < -0.4 is 4.90 Å². The molecule has 1 N–H and O–H groups in total. The zero-order chi connectivity index (χ0) is 17.9. The van der Waals surface area contributed by atoms with Gasteiger partial charge in [-0.15, -0.1) is 0 Å². The zero-order valence-electron chi connectivity index (χ0n) is 12.9. The summed E-state index contributed by atoms with van der Waals surface area (Å²) in [5.74, 6) is -1.69. The third-order valence-electron chi connectivity index (χ3n) is 3.27. The van der Waals surface area contributed by atoms with Crippen molar-refractivity contribution in [2.45, 2.75) is 4.90 Å². The Hall–Kier alpha value is -2.43. The van der Waals surface area contributed by atoms with Crippen molar-refractivity contribution in [1.82, 2.24) is 0 Å². The minimum atomic E-state index is -4.57. The zero-order valence-corrected chi connectivity index (χ0v) is 13.7. The van der Waals surface area contributed by atoms with E-state index < -0.39 is 27.0 Å². The molecule has 1 heterocycles. The maximum Gasteiger partial charge on any atom is 0.355 e. The number of hydrogen-bond donors (Lipinski definition) is 1. The van der Waals surface area contributed by atoms with Crippen molar-refractivity contribution in [2.24, 2.45) is 0 Å². The number of para-hydroxylation sites is 1. The molecule has 0 spiro atoms. The van der Waals surface area contributed by atoms with Gasteiger partial charge < -0.3 is 19.1 Å². The minimum absolute atomic E-state index is 0.0403. The van der Waals surface area contributed by atoms with E-state index in [1.807, 2.05) is 0 Å². The monoisotopic (exact) mass is 357 g/mol. The highest BCUT2D eigenvalue weighted by atomic mass is 32.2. The number of hydrogen-bond acceptors (Lipinski definition) is 8. The molecule has 0 atom stereocenters. The van der Waals surface area contributed by atoms with Crippen LogP contribution in [0.25, 0.3) is 0 Å². The highest BCUT2D eigenvalue weighted by molar-refractivity contribution is 7.86. The van der Waals surface area contributed by atoms with Crippen molar-refractivity contribution < 1.29 is 36.8 Å². The highest BCUT2D eigenvalue weighted by Crippen LogP contribution is 2.31. The predicted octanol–water partition coefficient (Wildman–Crippen LogP) is 0.327. The summed E-state index contributed by atoms with van der Waals surface area (Å²) < 4.78 is 47.1. The van der Waals surface area contributed by atoms with Crippen molar-refractivity contribution in [2.75, 3.05) is 32.5 Å². The van der Waals surface area contributed by atoms with E-state index in [-0.39, 0.29) is 30.3 Å². The van der Waals surface area contributed by atoms with Gasteiger partial charge in [-0.3, -0.25) is 4.55 Å². The number of rotatable bonds is 4. The SMILES string of the molecule is COC(=O)C1=C(C(=O)OC)N(c2ccccc2S(=O)(=O)O)COC1. The van der Waals surface area contributed by atoms with Crippen molar-refractivity contribution in [3.8, 4) is 0 Å². The fourth-order valence-corrected chi connectivity index (χ4v) is 2.93. The number of anilines is 1. The number of benzene rings is 1. The molecule has 0 radical (unpaired) electrons. The lowest BCUT2D eigenvalue weighted by Crippen LogP contribution is -2.39. The summed E-state index contributed by atoms with van der Waals surface area (Å²) in [6.07, 6.45) is 0. The van der Waals surface area contributed by atoms with Crippen molar-refractivity contribution in [1.29, 1.82) is 0 Å². The molecule has 1 aliphatic rings. The van der Waals surface area contributed by atoms with E-state index in [0.717, 1.165) is 25.2 Å². The van der Waals surface area contributed by atoms with Crippen molar-refractivity contribution in [3.63, 3.8) is 0 Å². The Bertz CT molecular complexity index is 799. The third kappa shape index (κ3) is 3.40. The van der Waals surface area contributed by atoms with Crippen LogP contribution >= 0.6 is 0 Å². The molecule has 0 saturated carbocycles. The van der Waals surface area contributed by atoms with Gasteiger partial charge in [-0.1, -0.05) is 12.1 Å². The summed E-state index contributed by atoms with van der Waals surface area (Å²) in [7, 11) is -2.32. The van der Waals surface area contributed by atoms with Gasteiger partial charge in [-0.2, -0.15) is 8.42 Å². The maximum absolute atomic E-state index is 12.1. The number of carbonyl (C=O) groups excluding carboxylic acids is 2. The Kier molecular flexibility index (Phi) is 5.22. The average Bonchev–Trinajstić information content (AvgIpc) is 2.58. The van der Waals surface area contributed by atoms with E-state index in [1.54, 1.807) is 0 Å². The summed E-state index contributed by atoms with van der Waals surface area (Å²) in [5.41, 5.74) is -0.381. The van der Waals surface area contributed by atoms with Crippen molar-refractivity contribution >= 4 is 27.7 Å². The molecule has 9 nitrogen and oxygen atoms in total. The smallest absolute Gasteiger partial charge is 0.355 e. The van der Waals surface area contributed by atoms with Crippen LogP contribution in [0.15, 0.2) is 40.4 Å². The van der Waals surface area contributed by atoms with Gasteiger partial charge in [-0.25, -0.2) is 9.59 Å². The molecule has 1 aromatic carbocycles. The molecule has 1 aliphatic heterocycles. The number of nitrogens with zero attached hydrogens (tertiary/aromatic N) is 1. The summed E-state index contributed by atoms with van der Waals surface area (Å²) >= 11 is 0. The van der Waals surface area contributed by atoms with Crippen LogP contribution in [0, 0.1) is 0 Å². The number of carbonyl (C=O) groups is 2. The van der Waals surface area contributed by atoms with Gasteiger partial charge in [0.05, 0.1) is 32.1 Å². The van der Waals surface area contributed by atoms with E-state index in [2.05, 4.69) is 9.47 Å². The molecule has 1 aromatic rings. The molecule has 0 aliphatic carbocycles. The molecule has 10 heteroatoms. The van der Waals surface area contributed by atoms with Gasteiger partial charge in [0.15, 0.2) is 0 Å². The fourth-order valence-electron chi connectivity index (χ4n) is 2.23. The summed E-state index contributed by atoms with van der Waals surface area (Å²) in [6.45, 7) is -0.431. The van der Waals surface area contributed by atoms with Gasteiger partial charge in [0.25, 0.3) is 10.1 Å². The molecule has 0 bridgehead atoms. The van der Waals surface area contributed by atoms with Crippen molar-refractivity contribution in [3.05, 3.63) is 35.5 Å². The average molecular weight is 357 g/mol. The van der Waals surface area contributed by atoms with E-state index in [9.17, 15) is 22.6 Å². The molecule has 0 amide bonds. The first-order valence-corrected chi connectivity index (χ1v) is 8.06. The second-order valence-corrected chi connectivity index (χ2v) is 6.05. The molecule has 0 fully saturated rings. The molecule has 0 saturated heterocycles. The highest BCUT2D eigenvalue weighted by Gasteiger charge is 2.34. The first-order chi connectivity index (χ1) is 11.3. The standard InChI is InChI=1S/C14H15NO8S/c1-21-13(16)9-7-23-8-15(12(9)14(17)22-2)10-5-3-4-6-11(10)24(18,19)20/h3-6H,7-8H2,1-2H3,(H,18,19,20). The third-order valence-corrected chi connectivity index (χ3v) is 4.17. The van der Waals surface area contributed by atoms with Crippen LogP contribution in [0.4, 0.5) is 5.69 Å². The van der Waals surface area contributed by atoms with Gasteiger partial charge >= 0.3 is 11.9 Å². The second kappa shape index (κ2) is 6.99. The summed E-state index contributed by atoms with van der Waals surface area (Å²) in [5, 5.41) is 0. The van der Waals surface area contributed by atoms with Gasteiger partial charge in [-0.05, 0) is 12.1 Å². The lowest BCUT2D eigenvalue weighted by molar-refractivity contribution is -0.140. The van der Waals surface area contributed by atoms with Crippen LogP contribution in [0.1, 0.15) is 0 Å². The Morgan fingerprint density at radius 3 is 2.38 bits per heavy atom. The molecule has 0 unspecified atom stereocenters. The van der Waals surface area contributed by atoms with Gasteiger partial charge in [0.2, 0.25) is 0 Å². The lowest BCUT2D eigenvalue weighted by Gasteiger charge is -2.32. The summed E-state index contributed by atoms with van der Waals surface area (Å²) in [4.78, 5) is 24.7. The lowest BCUT2D eigenvalue weighted by atomic mass is 10.1. The Balaban J connectivity index is 2.69. The van der Waals surface area contributed by atoms with E-state index in [4.69, 9.17) is 4.74 Å².